The Bertz CT molecular complexity index is 774. The van der Waals surface area contributed by atoms with E-state index in [0.717, 1.165) is 24.5 Å². The Hall–Kier alpha value is -2.21. The van der Waals surface area contributed by atoms with Crippen LogP contribution in [0.25, 0.3) is 0 Å². The average Bonchev–Trinajstić information content (AvgIpc) is 2.99. The van der Waals surface area contributed by atoms with Gasteiger partial charge >= 0.3 is 5.97 Å². The predicted molar refractivity (Wildman–Crippen MR) is 161 cm³/mol. The molecule has 0 spiro atoms. The summed E-state index contributed by atoms with van der Waals surface area (Å²) in [6, 6.07) is 5.67. The molecule has 1 aromatic carbocycles. The maximum absolute atomic E-state index is 10.8. The summed E-state index contributed by atoms with van der Waals surface area (Å²) in [5.74, 6) is 0.209. The van der Waals surface area contributed by atoms with Gasteiger partial charge in [0, 0.05) is 6.08 Å². The standard InChI is InChI=1S/C32H54O10/c1-3-5-6-7-8-9-10-11-29-12-13-31(30(33)28-29)41-26-24-39-22-20-37-18-16-35-14-15-36-17-19-38-21-23-40-25-27-42-32(34)4-2/h4,12-13,28,33H,2-3,5-11,14-27H2,1H3. The van der Waals surface area contributed by atoms with Crippen LogP contribution in [0.4, 0.5) is 0 Å². The van der Waals surface area contributed by atoms with E-state index in [-0.39, 0.29) is 12.4 Å². The Labute approximate surface area is 252 Å². The third-order valence-electron chi connectivity index (χ3n) is 6.08. The van der Waals surface area contributed by atoms with E-state index in [0.29, 0.717) is 91.6 Å². The van der Waals surface area contributed by atoms with E-state index in [9.17, 15) is 9.90 Å². The monoisotopic (exact) mass is 598 g/mol. The number of carbonyl (C=O) groups excluding carboxylic acids is 1. The molecule has 0 atom stereocenters. The van der Waals surface area contributed by atoms with E-state index < -0.39 is 5.97 Å². The zero-order chi connectivity index (χ0) is 30.4. The van der Waals surface area contributed by atoms with Crippen molar-refractivity contribution in [1.29, 1.82) is 0 Å². The summed E-state index contributed by atoms with van der Waals surface area (Å²) in [5.41, 5.74) is 1.14. The van der Waals surface area contributed by atoms with Crippen LogP contribution in [0.15, 0.2) is 30.9 Å². The number of rotatable bonds is 31. The summed E-state index contributed by atoms with van der Waals surface area (Å²) in [7, 11) is 0. The number of hydrogen-bond donors (Lipinski definition) is 1. The number of phenolic OH excluding ortho intramolecular Hbond substituents is 1. The van der Waals surface area contributed by atoms with Crippen molar-refractivity contribution in [2.75, 3.05) is 92.5 Å². The van der Waals surface area contributed by atoms with Gasteiger partial charge in [0.1, 0.15) is 13.2 Å². The highest BCUT2D eigenvalue weighted by Crippen LogP contribution is 2.27. The van der Waals surface area contributed by atoms with Gasteiger partial charge in [-0.1, -0.05) is 58.1 Å². The Morgan fingerprint density at radius 2 is 1.12 bits per heavy atom. The molecule has 0 saturated heterocycles. The van der Waals surface area contributed by atoms with E-state index in [1.165, 1.54) is 38.5 Å². The zero-order valence-corrected chi connectivity index (χ0v) is 25.7. The summed E-state index contributed by atoms with van der Waals surface area (Å²) in [4.78, 5) is 10.8. The fourth-order valence-corrected chi connectivity index (χ4v) is 3.80. The summed E-state index contributed by atoms with van der Waals surface area (Å²) < 4.78 is 43.0. The molecule has 0 aliphatic heterocycles. The number of benzene rings is 1. The molecular formula is C32H54O10. The normalized spacial score (nSPS) is 11.1. The third-order valence-corrected chi connectivity index (χ3v) is 6.08. The number of carbonyl (C=O) groups is 1. The summed E-state index contributed by atoms with van der Waals surface area (Å²) >= 11 is 0. The smallest absolute Gasteiger partial charge is 0.330 e. The molecular weight excluding hydrogens is 544 g/mol. The largest absolute Gasteiger partial charge is 0.504 e. The molecule has 0 aromatic heterocycles. The SMILES string of the molecule is C=CC(=O)OCCOCCOCCOCCOCCOCCOCCOc1ccc(CCCCCCCCC)cc1O. The number of unbranched alkanes of at least 4 members (excludes halogenated alkanes) is 6. The Morgan fingerprint density at radius 3 is 1.60 bits per heavy atom. The summed E-state index contributed by atoms with van der Waals surface area (Å²) in [5, 5.41) is 10.2. The van der Waals surface area contributed by atoms with Crippen molar-refractivity contribution in [3.05, 3.63) is 36.4 Å². The van der Waals surface area contributed by atoms with Crippen LogP contribution in [0.3, 0.4) is 0 Å². The van der Waals surface area contributed by atoms with Crippen molar-refractivity contribution >= 4 is 5.97 Å². The second-order valence-electron chi connectivity index (χ2n) is 9.57. The fourth-order valence-electron chi connectivity index (χ4n) is 3.80. The zero-order valence-electron chi connectivity index (χ0n) is 25.7. The van der Waals surface area contributed by atoms with E-state index in [1.807, 2.05) is 12.1 Å². The first-order chi connectivity index (χ1) is 20.7. The lowest BCUT2D eigenvalue weighted by Gasteiger charge is -2.10. The number of hydrogen-bond acceptors (Lipinski definition) is 10. The minimum Gasteiger partial charge on any atom is -0.504 e. The van der Waals surface area contributed by atoms with E-state index in [1.54, 1.807) is 6.07 Å². The molecule has 42 heavy (non-hydrogen) atoms. The number of ether oxygens (including phenoxy) is 8. The molecule has 0 aliphatic rings. The van der Waals surface area contributed by atoms with Gasteiger partial charge in [-0.05, 0) is 30.5 Å². The predicted octanol–water partition coefficient (Wildman–Crippen LogP) is 4.89. The van der Waals surface area contributed by atoms with Crippen LogP contribution < -0.4 is 4.74 Å². The molecule has 1 N–H and O–H groups in total. The number of esters is 1. The highest BCUT2D eigenvalue weighted by Gasteiger charge is 2.04. The van der Waals surface area contributed by atoms with Gasteiger partial charge in [0.05, 0.1) is 79.3 Å². The molecule has 0 amide bonds. The Kier molecular flexibility index (Phi) is 26.0. The maximum Gasteiger partial charge on any atom is 0.330 e. The van der Waals surface area contributed by atoms with Crippen LogP contribution in [0.5, 0.6) is 11.5 Å². The quantitative estimate of drug-likeness (QED) is 0.0720. The molecule has 1 aromatic rings. The summed E-state index contributed by atoms with van der Waals surface area (Å²) in [6.07, 6.45) is 11.1. The average molecular weight is 599 g/mol. The molecule has 242 valence electrons. The molecule has 0 bridgehead atoms. The van der Waals surface area contributed by atoms with Crippen LogP contribution in [-0.2, 0) is 44.4 Å². The molecule has 0 fully saturated rings. The van der Waals surface area contributed by atoms with Crippen molar-refractivity contribution < 1.29 is 47.8 Å². The minimum absolute atomic E-state index is 0.182. The second kappa shape index (κ2) is 28.9. The van der Waals surface area contributed by atoms with Gasteiger partial charge in [-0.2, -0.15) is 0 Å². The van der Waals surface area contributed by atoms with Crippen LogP contribution in [0, 0.1) is 0 Å². The van der Waals surface area contributed by atoms with Gasteiger partial charge < -0.3 is 43.0 Å². The van der Waals surface area contributed by atoms with E-state index >= 15 is 0 Å². The first-order valence-electron chi connectivity index (χ1n) is 15.4. The van der Waals surface area contributed by atoms with Gasteiger partial charge in [0.15, 0.2) is 11.5 Å². The van der Waals surface area contributed by atoms with Crippen molar-refractivity contribution in [2.45, 2.75) is 58.3 Å². The molecule has 0 unspecified atom stereocenters. The second-order valence-corrected chi connectivity index (χ2v) is 9.57. The molecule has 1 rings (SSSR count). The number of aryl methyl sites for hydroxylation is 1. The lowest BCUT2D eigenvalue weighted by molar-refractivity contribution is -0.139. The van der Waals surface area contributed by atoms with Crippen molar-refractivity contribution in [1.82, 2.24) is 0 Å². The molecule has 0 saturated carbocycles. The van der Waals surface area contributed by atoms with Crippen molar-refractivity contribution in [3.8, 4) is 11.5 Å². The first kappa shape index (κ1) is 37.8. The van der Waals surface area contributed by atoms with E-state index in [4.69, 9.17) is 37.9 Å². The van der Waals surface area contributed by atoms with Gasteiger partial charge in [-0.3, -0.25) is 0 Å². The number of aromatic hydroxyl groups is 1. The van der Waals surface area contributed by atoms with Gasteiger partial charge in [0.2, 0.25) is 0 Å². The minimum atomic E-state index is -0.458. The molecule has 10 heteroatoms. The van der Waals surface area contributed by atoms with Gasteiger partial charge in [-0.15, -0.1) is 0 Å². The fraction of sp³-hybridized carbons (Fsp3) is 0.719. The van der Waals surface area contributed by atoms with E-state index in [2.05, 4.69) is 13.5 Å². The van der Waals surface area contributed by atoms with Crippen molar-refractivity contribution in [2.24, 2.45) is 0 Å². The van der Waals surface area contributed by atoms with Crippen LogP contribution in [0.1, 0.15) is 57.4 Å². The van der Waals surface area contributed by atoms with Crippen molar-refractivity contribution in [3.63, 3.8) is 0 Å². The Balaban J connectivity index is 1.82. The topological polar surface area (TPSA) is 111 Å². The lowest BCUT2D eigenvalue weighted by atomic mass is 10.0. The lowest BCUT2D eigenvalue weighted by Crippen LogP contribution is -2.15. The molecule has 10 nitrogen and oxygen atoms in total. The van der Waals surface area contributed by atoms with Crippen LogP contribution >= 0.6 is 0 Å². The van der Waals surface area contributed by atoms with Gasteiger partial charge in [0.25, 0.3) is 0 Å². The number of phenols is 1. The molecule has 0 aliphatic carbocycles. The highest BCUT2D eigenvalue weighted by molar-refractivity contribution is 5.81. The summed E-state index contributed by atoms with van der Waals surface area (Å²) in [6.45, 7) is 11.5. The van der Waals surface area contributed by atoms with Crippen LogP contribution in [0.2, 0.25) is 0 Å². The van der Waals surface area contributed by atoms with Gasteiger partial charge in [-0.25, -0.2) is 4.79 Å². The third kappa shape index (κ3) is 23.4. The molecule has 0 radical (unpaired) electrons. The molecule has 0 heterocycles. The maximum atomic E-state index is 10.8. The Morgan fingerprint density at radius 1 is 0.667 bits per heavy atom. The first-order valence-corrected chi connectivity index (χ1v) is 15.4. The highest BCUT2D eigenvalue weighted by atomic mass is 16.6. The van der Waals surface area contributed by atoms with Crippen LogP contribution in [-0.4, -0.2) is 104 Å².